The Bertz CT molecular complexity index is 569. The van der Waals surface area contributed by atoms with E-state index in [1.54, 1.807) is 44.6 Å². The molecule has 0 spiro atoms. The normalized spacial score (nSPS) is 12.0. The number of halogens is 1. The highest BCUT2D eigenvalue weighted by Crippen LogP contribution is 2.35. The minimum absolute atomic E-state index is 0.514. The number of ether oxygens (including phenoxy) is 2. The first-order chi connectivity index (χ1) is 9.17. The van der Waals surface area contributed by atoms with Crippen LogP contribution in [-0.4, -0.2) is 19.3 Å². The Morgan fingerprint density at radius 3 is 2.37 bits per heavy atom. The van der Waals surface area contributed by atoms with Crippen molar-refractivity contribution in [3.63, 3.8) is 0 Å². The largest absolute Gasteiger partial charge is 0.497 e. The molecule has 0 amide bonds. The van der Waals surface area contributed by atoms with Crippen molar-refractivity contribution in [3.8, 4) is 11.5 Å². The second-order valence-corrected chi connectivity index (χ2v) is 4.44. The van der Waals surface area contributed by atoms with E-state index in [4.69, 9.17) is 21.1 Å². The topological polar surface area (TPSA) is 38.7 Å². The SMILES string of the molecule is COc1ccc(OC)c(C(O)c2ccccc2Cl)c1. The fraction of sp³-hybridized carbons (Fsp3) is 0.200. The molecule has 1 unspecified atom stereocenters. The van der Waals surface area contributed by atoms with Crippen LogP contribution in [0.1, 0.15) is 17.2 Å². The first kappa shape index (κ1) is 13.7. The molecule has 2 aromatic rings. The summed E-state index contributed by atoms with van der Waals surface area (Å²) in [5.41, 5.74) is 1.26. The summed E-state index contributed by atoms with van der Waals surface area (Å²) in [6.45, 7) is 0. The van der Waals surface area contributed by atoms with Crippen LogP contribution in [0.15, 0.2) is 42.5 Å². The third kappa shape index (κ3) is 2.83. The molecule has 1 atom stereocenters. The number of hydrogen-bond donors (Lipinski definition) is 1. The molecule has 4 heteroatoms. The summed E-state index contributed by atoms with van der Waals surface area (Å²) in [6.07, 6.45) is -0.862. The predicted octanol–water partition coefficient (Wildman–Crippen LogP) is 3.44. The third-order valence-electron chi connectivity index (χ3n) is 2.93. The molecule has 0 aliphatic heterocycles. The number of methoxy groups -OCH3 is 2. The van der Waals surface area contributed by atoms with E-state index in [2.05, 4.69) is 0 Å². The van der Waals surface area contributed by atoms with Crippen LogP contribution in [0, 0.1) is 0 Å². The van der Waals surface area contributed by atoms with E-state index in [1.165, 1.54) is 0 Å². The van der Waals surface area contributed by atoms with Crippen LogP contribution in [0.2, 0.25) is 5.02 Å². The lowest BCUT2D eigenvalue weighted by atomic mass is 10.0. The molecule has 2 aromatic carbocycles. The molecule has 0 aliphatic rings. The van der Waals surface area contributed by atoms with Crippen LogP contribution in [0.25, 0.3) is 0 Å². The molecule has 0 aromatic heterocycles. The molecule has 19 heavy (non-hydrogen) atoms. The number of hydrogen-bond acceptors (Lipinski definition) is 3. The lowest BCUT2D eigenvalue weighted by molar-refractivity contribution is 0.214. The van der Waals surface area contributed by atoms with Gasteiger partial charge >= 0.3 is 0 Å². The summed E-state index contributed by atoms with van der Waals surface area (Å²) in [5, 5.41) is 11.0. The minimum Gasteiger partial charge on any atom is -0.497 e. The van der Waals surface area contributed by atoms with E-state index in [1.807, 2.05) is 12.1 Å². The molecule has 0 saturated carbocycles. The summed E-state index contributed by atoms with van der Waals surface area (Å²) in [6, 6.07) is 12.5. The zero-order chi connectivity index (χ0) is 13.8. The molecular formula is C15H15ClO3. The van der Waals surface area contributed by atoms with Crippen molar-refractivity contribution in [2.75, 3.05) is 14.2 Å². The summed E-state index contributed by atoms with van der Waals surface area (Å²) in [4.78, 5) is 0. The predicted molar refractivity (Wildman–Crippen MR) is 75.1 cm³/mol. The van der Waals surface area contributed by atoms with Crippen LogP contribution in [-0.2, 0) is 0 Å². The van der Waals surface area contributed by atoms with Crippen molar-refractivity contribution in [2.45, 2.75) is 6.10 Å². The molecule has 0 heterocycles. The van der Waals surface area contributed by atoms with E-state index in [0.29, 0.717) is 27.6 Å². The van der Waals surface area contributed by atoms with Gasteiger partial charge in [-0.25, -0.2) is 0 Å². The maximum Gasteiger partial charge on any atom is 0.125 e. The summed E-state index contributed by atoms with van der Waals surface area (Å²) in [5.74, 6) is 1.25. The van der Waals surface area contributed by atoms with Crippen molar-refractivity contribution < 1.29 is 14.6 Å². The van der Waals surface area contributed by atoms with Crippen LogP contribution in [0.5, 0.6) is 11.5 Å². The van der Waals surface area contributed by atoms with E-state index in [0.717, 1.165) is 0 Å². The fourth-order valence-electron chi connectivity index (χ4n) is 1.92. The Kier molecular flexibility index (Phi) is 4.30. The van der Waals surface area contributed by atoms with Gasteiger partial charge in [0.1, 0.15) is 17.6 Å². The Balaban J connectivity index is 2.48. The molecule has 0 fully saturated rings. The molecular weight excluding hydrogens is 264 g/mol. The van der Waals surface area contributed by atoms with Gasteiger partial charge in [0, 0.05) is 16.1 Å². The monoisotopic (exact) mass is 278 g/mol. The van der Waals surface area contributed by atoms with Gasteiger partial charge in [0.2, 0.25) is 0 Å². The summed E-state index contributed by atoms with van der Waals surface area (Å²) in [7, 11) is 3.14. The van der Waals surface area contributed by atoms with Gasteiger partial charge in [-0.2, -0.15) is 0 Å². The molecule has 3 nitrogen and oxygen atoms in total. The van der Waals surface area contributed by atoms with Crippen LogP contribution >= 0.6 is 11.6 Å². The molecule has 2 rings (SSSR count). The van der Waals surface area contributed by atoms with Gasteiger partial charge in [0.25, 0.3) is 0 Å². The zero-order valence-electron chi connectivity index (χ0n) is 10.8. The molecule has 0 saturated heterocycles. The number of aliphatic hydroxyl groups excluding tert-OH is 1. The fourth-order valence-corrected chi connectivity index (χ4v) is 2.16. The highest BCUT2D eigenvalue weighted by Gasteiger charge is 2.18. The van der Waals surface area contributed by atoms with E-state index in [9.17, 15) is 5.11 Å². The first-order valence-corrected chi connectivity index (χ1v) is 6.19. The highest BCUT2D eigenvalue weighted by atomic mass is 35.5. The number of benzene rings is 2. The minimum atomic E-state index is -0.862. The molecule has 0 radical (unpaired) electrons. The van der Waals surface area contributed by atoms with Crippen LogP contribution in [0.4, 0.5) is 0 Å². The van der Waals surface area contributed by atoms with Gasteiger partial charge in [-0.3, -0.25) is 0 Å². The third-order valence-corrected chi connectivity index (χ3v) is 3.28. The van der Waals surface area contributed by atoms with Crippen molar-refractivity contribution >= 4 is 11.6 Å². The average Bonchev–Trinajstić information content (AvgIpc) is 2.46. The lowest BCUT2D eigenvalue weighted by Crippen LogP contribution is -2.03. The second-order valence-electron chi connectivity index (χ2n) is 4.03. The number of rotatable bonds is 4. The van der Waals surface area contributed by atoms with Gasteiger partial charge in [-0.05, 0) is 24.3 Å². The molecule has 100 valence electrons. The maximum atomic E-state index is 10.5. The Labute approximate surface area is 117 Å². The van der Waals surface area contributed by atoms with Crippen molar-refractivity contribution in [1.29, 1.82) is 0 Å². The zero-order valence-corrected chi connectivity index (χ0v) is 11.5. The standard InChI is InChI=1S/C15H15ClO3/c1-18-10-7-8-14(19-2)12(9-10)15(17)11-5-3-4-6-13(11)16/h3-9,15,17H,1-2H3. The van der Waals surface area contributed by atoms with Gasteiger partial charge in [-0.15, -0.1) is 0 Å². The van der Waals surface area contributed by atoms with Gasteiger partial charge in [-0.1, -0.05) is 29.8 Å². The number of aliphatic hydroxyl groups is 1. The van der Waals surface area contributed by atoms with Gasteiger partial charge < -0.3 is 14.6 Å². The second kappa shape index (κ2) is 5.95. The molecule has 0 bridgehead atoms. The van der Waals surface area contributed by atoms with Crippen molar-refractivity contribution in [2.24, 2.45) is 0 Å². The van der Waals surface area contributed by atoms with E-state index >= 15 is 0 Å². The Morgan fingerprint density at radius 2 is 1.74 bits per heavy atom. The maximum absolute atomic E-state index is 10.5. The van der Waals surface area contributed by atoms with Crippen molar-refractivity contribution in [3.05, 3.63) is 58.6 Å². The average molecular weight is 279 g/mol. The highest BCUT2D eigenvalue weighted by molar-refractivity contribution is 6.31. The van der Waals surface area contributed by atoms with Crippen LogP contribution < -0.4 is 9.47 Å². The van der Waals surface area contributed by atoms with Crippen LogP contribution in [0.3, 0.4) is 0 Å². The quantitative estimate of drug-likeness (QED) is 0.931. The molecule has 1 N–H and O–H groups in total. The lowest BCUT2D eigenvalue weighted by Gasteiger charge is -2.17. The Morgan fingerprint density at radius 1 is 1.00 bits per heavy atom. The first-order valence-electron chi connectivity index (χ1n) is 5.81. The summed E-state index contributed by atoms with van der Waals surface area (Å²) >= 11 is 6.11. The van der Waals surface area contributed by atoms with Crippen molar-refractivity contribution in [1.82, 2.24) is 0 Å². The van der Waals surface area contributed by atoms with Gasteiger partial charge in [0.05, 0.1) is 14.2 Å². The summed E-state index contributed by atoms with van der Waals surface area (Å²) < 4.78 is 10.4. The Hall–Kier alpha value is -1.71. The van der Waals surface area contributed by atoms with Gasteiger partial charge in [0.15, 0.2) is 0 Å². The van der Waals surface area contributed by atoms with E-state index in [-0.39, 0.29) is 0 Å². The smallest absolute Gasteiger partial charge is 0.125 e. The molecule has 0 aliphatic carbocycles. The van der Waals surface area contributed by atoms with E-state index < -0.39 is 6.10 Å².